The number of nitrogens with zero attached hydrogens (tertiary/aromatic N) is 4. The zero-order chi connectivity index (χ0) is 34.4. The molecule has 9 nitrogen and oxygen atoms in total. The molecule has 6 bridgehead atoms. The molecule has 2 aromatic heterocycles. The fourth-order valence-electron chi connectivity index (χ4n) is 6.52. The van der Waals surface area contributed by atoms with Crippen molar-refractivity contribution in [2.24, 2.45) is 0 Å². The van der Waals surface area contributed by atoms with Gasteiger partial charge in [-0.25, -0.2) is 14.2 Å². The van der Waals surface area contributed by atoms with Crippen LogP contribution in [-0.2, 0) is 14.3 Å². The van der Waals surface area contributed by atoms with E-state index in [0.717, 1.165) is 18.4 Å². The second-order valence-electron chi connectivity index (χ2n) is 14.2. The Morgan fingerprint density at radius 1 is 1.10 bits per heavy atom. The highest BCUT2D eigenvalue weighted by Gasteiger charge is 2.38. The molecule has 0 spiro atoms. The number of carbonyl (C=O) groups is 1. The van der Waals surface area contributed by atoms with Crippen LogP contribution in [-0.4, -0.2) is 62.7 Å². The van der Waals surface area contributed by atoms with Crippen LogP contribution in [0.3, 0.4) is 0 Å². The molecule has 0 amide bonds. The van der Waals surface area contributed by atoms with E-state index in [9.17, 15) is 9.90 Å². The quantitative estimate of drug-likeness (QED) is 0.223. The second kappa shape index (κ2) is 13.0. The van der Waals surface area contributed by atoms with Crippen LogP contribution in [0.2, 0.25) is 0 Å². The van der Waals surface area contributed by atoms with Crippen LogP contribution < -0.4 is 9.64 Å². The van der Waals surface area contributed by atoms with Gasteiger partial charge < -0.3 is 24.2 Å². The molecule has 2 aromatic carbocycles. The van der Waals surface area contributed by atoms with Crippen molar-refractivity contribution < 1.29 is 28.5 Å². The minimum atomic E-state index is -1.27. The number of piperidine rings is 1. The summed E-state index contributed by atoms with van der Waals surface area (Å²) in [7, 11) is 0. The van der Waals surface area contributed by atoms with Gasteiger partial charge in [-0.2, -0.15) is 9.61 Å². The topological polar surface area (TPSA) is 98.4 Å². The number of aromatic nitrogens is 3. The molecule has 5 heterocycles. The minimum Gasteiger partial charge on any atom is -0.490 e. The third kappa shape index (κ3) is 6.82. The summed E-state index contributed by atoms with van der Waals surface area (Å²) >= 11 is 0. The number of halogens is 1. The molecule has 1 N–H and O–H groups in total. The Morgan fingerprint density at radius 3 is 2.54 bits per heavy atom. The lowest BCUT2D eigenvalue weighted by atomic mass is 9.92. The maximum Gasteiger partial charge on any atom is 0.337 e. The Kier molecular flexibility index (Phi) is 9.08. The van der Waals surface area contributed by atoms with Gasteiger partial charge in [0.2, 0.25) is 0 Å². The highest BCUT2D eigenvalue weighted by molar-refractivity contribution is 5.80. The third-order valence-corrected chi connectivity index (χ3v) is 9.12. The molecule has 254 valence electrons. The lowest BCUT2D eigenvalue weighted by Gasteiger charge is -2.41. The predicted octanol–water partition coefficient (Wildman–Crippen LogP) is 7.86. The molecule has 0 radical (unpaired) electrons. The van der Waals surface area contributed by atoms with Gasteiger partial charge in [-0.1, -0.05) is 36.4 Å². The first-order valence-electron chi connectivity index (χ1n) is 16.6. The van der Waals surface area contributed by atoms with Crippen LogP contribution in [0.25, 0.3) is 28.0 Å². The number of rotatable bonds is 3. The number of carboxylic acid groups (broad SMARTS) is 1. The predicted molar refractivity (Wildman–Crippen MR) is 184 cm³/mol. The number of hydrogen-bond donors (Lipinski definition) is 1. The SMILES string of the molecule is Cc1ccc2c(c1F)-c1cccc(c1)-c1cc3nc(C)c([C@H](OC(C)(C)C)C(=O)O)c(n3n1)N1CCC(C)(CC1)OCC=CCC(C)O2. The molecule has 3 aliphatic heterocycles. The van der Waals surface area contributed by atoms with Gasteiger partial charge in [0.05, 0.1) is 40.7 Å². The molecule has 1 saturated heterocycles. The summed E-state index contributed by atoms with van der Waals surface area (Å²) in [5, 5.41) is 15.5. The van der Waals surface area contributed by atoms with Crippen LogP contribution in [0.15, 0.2) is 54.6 Å². The molecule has 4 aromatic rings. The summed E-state index contributed by atoms with van der Waals surface area (Å²) in [6.45, 7) is 14.9. The average molecular weight is 657 g/mol. The number of aliphatic carboxylic acids is 1. The number of hydrogen-bond acceptors (Lipinski definition) is 7. The molecular weight excluding hydrogens is 611 g/mol. The number of aryl methyl sites for hydroxylation is 2. The first kappa shape index (κ1) is 33.6. The van der Waals surface area contributed by atoms with Crippen molar-refractivity contribution >= 4 is 17.4 Å². The number of carboxylic acids is 1. The summed E-state index contributed by atoms with van der Waals surface area (Å²) in [5.41, 5.74) is 3.49. The molecule has 0 aliphatic carbocycles. The number of anilines is 1. The maximum absolute atomic E-state index is 15.9. The van der Waals surface area contributed by atoms with Crippen LogP contribution in [0.4, 0.5) is 10.2 Å². The van der Waals surface area contributed by atoms with Crippen LogP contribution >= 0.6 is 0 Å². The zero-order valence-electron chi connectivity index (χ0n) is 28.8. The summed E-state index contributed by atoms with van der Waals surface area (Å²) in [5.74, 6) is -0.321. The molecule has 48 heavy (non-hydrogen) atoms. The van der Waals surface area contributed by atoms with Crippen molar-refractivity contribution in [2.45, 2.75) is 91.1 Å². The number of ether oxygens (including phenoxy) is 3. The summed E-state index contributed by atoms with van der Waals surface area (Å²) in [6, 6.07) is 13.0. The van der Waals surface area contributed by atoms with Crippen molar-refractivity contribution in [1.29, 1.82) is 0 Å². The lowest BCUT2D eigenvalue weighted by molar-refractivity contribution is -0.160. The Labute approximate surface area is 281 Å². The average Bonchev–Trinajstić information content (AvgIpc) is 3.44. The van der Waals surface area contributed by atoms with Crippen molar-refractivity contribution in [2.75, 3.05) is 24.6 Å². The van der Waals surface area contributed by atoms with Crippen molar-refractivity contribution in [3.05, 3.63) is 77.3 Å². The maximum atomic E-state index is 15.9. The fourth-order valence-corrected chi connectivity index (χ4v) is 6.52. The van der Waals surface area contributed by atoms with Crippen LogP contribution in [0.1, 0.15) is 76.8 Å². The molecule has 1 unspecified atom stereocenters. The van der Waals surface area contributed by atoms with Gasteiger partial charge in [0.1, 0.15) is 17.4 Å². The van der Waals surface area contributed by atoms with Gasteiger partial charge in [0.25, 0.3) is 0 Å². The largest absolute Gasteiger partial charge is 0.490 e. The molecule has 1 fully saturated rings. The van der Waals surface area contributed by atoms with E-state index in [4.69, 9.17) is 24.3 Å². The fraction of sp³-hybridized carbons (Fsp3) is 0.447. The highest BCUT2D eigenvalue weighted by atomic mass is 19.1. The second-order valence-corrected chi connectivity index (χ2v) is 14.2. The van der Waals surface area contributed by atoms with E-state index in [-0.39, 0.29) is 17.5 Å². The van der Waals surface area contributed by atoms with Crippen molar-refractivity contribution in [3.8, 4) is 28.1 Å². The van der Waals surface area contributed by atoms with Crippen molar-refractivity contribution in [3.63, 3.8) is 0 Å². The van der Waals surface area contributed by atoms with E-state index in [0.29, 0.717) is 77.0 Å². The molecule has 0 saturated carbocycles. The Bertz CT molecular complexity index is 1870. The Morgan fingerprint density at radius 2 is 1.83 bits per heavy atom. The molecule has 3 aliphatic rings. The zero-order valence-corrected chi connectivity index (χ0v) is 28.8. The summed E-state index contributed by atoms with van der Waals surface area (Å²) in [6.07, 6.45) is 4.71. The first-order valence-corrected chi connectivity index (χ1v) is 16.6. The molecular formula is C38H45FN4O5. The van der Waals surface area contributed by atoms with E-state index in [1.807, 2.05) is 83.2 Å². The summed E-state index contributed by atoms with van der Waals surface area (Å²) < 4.78 is 36.5. The number of benzene rings is 2. The normalized spacial score (nSPS) is 20.8. The lowest BCUT2D eigenvalue weighted by Crippen LogP contribution is -2.45. The Balaban J connectivity index is 1.56. The number of fused-ring (bicyclic) bond motifs is 7. The van der Waals surface area contributed by atoms with Crippen LogP contribution in [0, 0.1) is 19.7 Å². The molecule has 7 rings (SSSR count). The summed E-state index contributed by atoms with van der Waals surface area (Å²) in [4.78, 5) is 19.8. The molecule has 2 atom stereocenters. The van der Waals surface area contributed by atoms with E-state index < -0.39 is 17.7 Å². The Hall–Kier alpha value is -4.28. The van der Waals surface area contributed by atoms with Crippen molar-refractivity contribution in [1.82, 2.24) is 14.6 Å². The van der Waals surface area contributed by atoms with E-state index in [1.54, 1.807) is 17.5 Å². The van der Waals surface area contributed by atoms with Gasteiger partial charge in [0.15, 0.2) is 11.8 Å². The van der Waals surface area contributed by atoms with E-state index in [2.05, 4.69) is 11.8 Å². The standard InChI is InChI=1S/C38H45FN4O5/c1-23-14-15-29-32(33(23)39)27-13-10-12-26(21-27)28-22-30-40-25(3)31(34(36(44)45)48-37(4,5)6)35(43(30)41-28)42-18-16-38(7,17-19-42)46-20-9-8-11-24(2)47-29/h8-10,12-15,21-22,24,34H,11,16-20H2,1-7H3,(H,44,45)/t24?,34-/m0/s1. The van der Waals surface area contributed by atoms with E-state index >= 15 is 4.39 Å². The van der Waals surface area contributed by atoms with Gasteiger partial charge in [-0.05, 0) is 84.6 Å². The van der Waals surface area contributed by atoms with Gasteiger partial charge >= 0.3 is 5.97 Å². The van der Waals surface area contributed by atoms with Crippen LogP contribution in [0.5, 0.6) is 5.75 Å². The third-order valence-electron chi connectivity index (χ3n) is 9.12. The van der Waals surface area contributed by atoms with E-state index in [1.165, 1.54) is 0 Å². The smallest absolute Gasteiger partial charge is 0.337 e. The minimum absolute atomic E-state index is 0.188. The van der Waals surface area contributed by atoms with Gasteiger partial charge in [-0.3, -0.25) is 0 Å². The monoisotopic (exact) mass is 656 g/mol. The molecule has 10 heteroatoms. The first-order chi connectivity index (χ1) is 22.7. The van der Waals surface area contributed by atoms with Gasteiger partial charge in [-0.15, -0.1) is 0 Å². The highest BCUT2D eigenvalue weighted by Crippen LogP contribution is 2.40. The van der Waals surface area contributed by atoms with Gasteiger partial charge in [0, 0.05) is 36.8 Å².